The highest BCUT2D eigenvalue weighted by Gasteiger charge is 2.38. The fraction of sp³-hybridized carbons (Fsp3) is 0.731. The number of piperidine rings is 2. The van der Waals surface area contributed by atoms with E-state index in [-0.39, 0.29) is 12.3 Å². The van der Waals surface area contributed by atoms with E-state index in [0.717, 1.165) is 31.5 Å². The molecule has 2 fully saturated rings. The fourth-order valence-electron chi connectivity index (χ4n) is 5.27. The Kier molecular flexibility index (Phi) is 7.44. The van der Waals surface area contributed by atoms with Crippen molar-refractivity contribution in [3.63, 3.8) is 0 Å². The van der Waals surface area contributed by atoms with Crippen LogP contribution in [-0.2, 0) is 17.8 Å². The number of carbonyl (C=O) groups excluding carboxylic acids is 1. The number of hydrogen-bond donors (Lipinski definition) is 0. The second kappa shape index (κ2) is 10.0. The summed E-state index contributed by atoms with van der Waals surface area (Å²) >= 11 is 6.62. The average Bonchev–Trinajstić information content (AvgIpc) is 3.36. The first-order valence-corrected chi connectivity index (χ1v) is 13.2. The van der Waals surface area contributed by atoms with Crippen LogP contribution in [0.4, 0.5) is 0 Å². The van der Waals surface area contributed by atoms with Crippen molar-refractivity contribution in [3.05, 3.63) is 22.5 Å². The van der Waals surface area contributed by atoms with Gasteiger partial charge in [0.15, 0.2) is 0 Å². The zero-order chi connectivity index (χ0) is 24.5. The molecule has 34 heavy (non-hydrogen) atoms. The van der Waals surface area contributed by atoms with E-state index in [9.17, 15) is 4.79 Å². The average molecular weight is 490 g/mol. The van der Waals surface area contributed by atoms with Crippen molar-refractivity contribution in [1.29, 1.82) is 0 Å². The van der Waals surface area contributed by atoms with Gasteiger partial charge in [-0.1, -0.05) is 37.5 Å². The summed E-state index contributed by atoms with van der Waals surface area (Å²) < 4.78 is 6.96. The molecule has 0 aromatic carbocycles. The Morgan fingerprint density at radius 2 is 1.79 bits per heavy atom. The topological polar surface area (TPSA) is 67.4 Å². The number of halogens is 1. The van der Waals surface area contributed by atoms with Gasteiger partial charge in [-0.2, -0.15) is 5.10 Å². The van der Waals surface area contributed by atoms with Crippen molar-refractivity contribution >= 4 is 17.5 Å². The third-order valence-electron chi connectivity index (χ3n) is 7.75. The van der Waals surface area contributed by atoms with Gasteiger partial charge in [0.1, 0.15) is 22.3 Å². The molecule has 1 spiro atoms. The Morgan fingerprint density at radius 1 is 1.15 bits per heavy atom. The second-order valence-electron chi connectivity index (χ2n) is 11.5. The maximum atomic E-state index is 13.3. The second-order valence-corrected chi connectivity index (χ2v) is 11.8. The molecule has 2 saturated heterocycles. The van der Waals surface area contributed by atoms with E-state index in [0.29, 0.717) is 39.7 Å². The van der Waals surface area contributed by atoms with E-state index < -0.39 is 0 Å². The SMILES string of the molecule is CCn1nc(-c2cc(C)on2)c(CC(=O)N2CCC3(CCN(CCC(C)(C)C)CC3)CC2)c1Cl. The lowest BCUT2D eigenvalue weighted by molar-refractivity contribution is -0.133. The normalized spacial score (nSPS) is 19.2. The lowest BCUT2D eigenvalue weighted by Crippen LogP contribution is -2.48. The molecule has 2 aromatic heterocycles. The molecule has 0 bridgehead atoms. The van der Waals surface area contributed by atoms with E-state index in [1.165, 1.54) is 38.9 Å². The van der Waals surface area contributed by atoms with Crippen LogP contribution in [0.2, 0.25) is 5.15 Å². The molecule has 0 unspecified atom stereocenters. The maximum absolute atomic E-state index is 13.3. The van der Waals surface area contributed by atoms with Crippen LogP contribution in [0.1, 0.15) is 71.1 Å². The number of amides is 1. The third kappa shape index (κ3) is 5.68. The van der Waals surface area contributed by atoms with Crippen molar-refractivity contribution in [2.75, 3.05) is 32.7 Å². The highest BCUT2D eigenvalue weighted by atomic mass is 35.5. The molecule has 7 nitrogen and oxygen atoms in total. The first-order valence-electron chi connectivity index (χ1n) is 12.8. The maximum Gasteiger partial charge on any atom is 0.227 e. The molecular formula is C26H40ClN5O2. The van der Waals surface area contributed by atoms with Gasteiger partial charge in [0.05, 0.1) is 6.42 Å². The van der Waals surface area contributed by atoms with Gasteiger partial charge < -0.3 is 14.3 Å². The molecule has 4 heterocycles. The Balaban J connectivity index is 1.35. The minimum Gasteiger partial charge on any atom is -0.361 e. The smallest absolute Gasteiger partial charge is 0.227 e. The summed E-state index contributed by atoms with van der Waals surface area (Å²) in [5, 5.41) is 9.23. The molecule has 1 amide bonds. The molecule has 2 aromatic rings. The van der Waals surface area contributed by atoms with Crippen LogP contribution in [0.3, 0.4) is 0 Å². The molecule has 0 N–H and O–H groups in total. The van der Waals surface area contributed by atoms with Gasteiger partial charge in [-0.05, 0) is 76.4 Å². The zero-order valence-electron chi connectivity index (χ0n) is 21.5. The van der Waals surface area contributed by atoms with E-state index in [1.54, 1.807) is 4.68 Å². The van der Waals surface area contributed by atoms with Gasteiger partial charge in [-0.25, -0.2) is 0 Å². The fourth-order valence-corrected chi connectivity index (χ4v) is 5.58. The molecule has 2 aliphatic rings. The zero-order valence-corrected chi connectivity index (χ0v) is 22.2. The number of carbonyl (C=O) groups is 1. The van der Waals surface area contributed by atoms with Crippen molar-refractivity contribution < 1.29 is 9.32 Å². The van der Waals surface area contributed by atoms with Crippen molar-refractivity contribution in [2.24, 2.45) is 10.8 Å². The quantitative estimate of drug-likeness (QED) is 0.557. The Morgan fingerprint density at radius 3 is 2.35 bits per heavy atom. The highest BCUT2D eigenvalue weighted by molar-refractivity contribution is 6.31. The molecule has 188 valence electrons. The lowest BCUT2D eigenvalue weighted by Gasteiger charge is -2.47. The summed E-state index contributed by atoms with van der Waals surface area (Å²) in [5.41, 5.74) is 2.82. The van der Waals surface area contributed by atoms with Gasteiger partial charge in [0, 0.05) is 31.3 Å². The number of hydrogen-bond acceptors (Lipinski definition) is 5. The highest BCUT2D eigenvalue weighted by Crippen LogP contribution is 2.42. The Bertz CT molecular complexity index is 987. The summed E-state index contributed by atoms with van der Waals surface area (Å²) in [4.78, 5) is 17.9. The van der Waals surface area contributed by atoms with Crippen LogP contribution in [0.5, 0.6) is 0 Å². The first-order chi connectivity index (χ1) is 16.1. The number of aryl methyl sites for hydroxylation is 2. The Hall–Kier alpha value is -1.86. The third-order valence-corrected chi connectivity index (χ3v) is 8.18. The summed E-state index contributed by atoms with van der Waals surface area (Å²) in [6.07, 6.45) is 6.20. The summed E-state index contributed by atoms with van der Waals surface area (Å²) in [6.45, 7) is 16.7. The number of nitrogens with zero attached hydrogens (tertiary/aromatic N) is 5. The molecule has 8 heteroatoms. The van der Waals surface area contributed by atoms with E-state index in [2.05, 4.69) is 35.9 Å². The van der Waals surface area contributed by atoms with Crippen LogP contribution >= 0.6 is 11.6 Å². The lowest BCUT2D eigenvalue weighted by atomic mass is 9.71. The molecule has 4 rings (SSSR count). The largest absolute Gasteiger partial charge is 0.361 e. The minimum absolute atomic E-state index is 0.122. The van der Waals surface area contributed by atoms with Crippen molar-refractivity contribution in [2.45, 2.75) is 79.7 Å². The van der Waals surface area contributed by atoms with Crippen LogP contribution in [0.15, 0.2) is 10.6 Å². The monoisotopic (exact) mass is 489 g/mol. The molecule has 0 aliphatic carbocycles. The molecule has 0 radical (unpaired) electrons. The standard InChI is InChI=1S/C26H40ClN5O2/c1-6-32-24(27)20(23(28-32)21-17-19(2)34-29-21)18-22(33)31-15-10-26(11-16-31)8-13-30(14-9-26)12-7-25(3,4)5/h17H,6-16,18H2,1-5H3. The first kappa shape index (κ1) is 25.2. The van der Waals surface area contributed by atoms with Crippen LogP contribution in [-0.4, -0.2) is 63.4 Å². The van der Waals surface area contributed by atoms with Gasteiger partial charge >= 0.3 is 0 Å². The summed E-state index contributed by atoms with van der Waals surface area (Å²) in [5.74, 6) is 0.830. The number of likely N-dealkylation sites (tertiary alicyclic amines) is 2. The Labute approximate surface area is 208 Å². The number of rotatable bonds is 6. The van der Waals surface area contributed by atoms with Crippen LogP contribution < -0.4 is 0 Å². The predicted octanol–water partition coefficient (Wildman–Crippen LogP) is 5.20. The van der Waals surface area contributed by atoms with E-state index >= 15 is 0 Å². The van der Waals surface area contributed by atoms with Crippen molar-refractivity contribution in [3.8, 4) is 11.4 Å². The predicted molar refractivity (Wildman–Crippen MR) is 135 cm³/mol. The molecular weight excluding hydrogens is 450 g/mol. The van der Waals surface area contributed by atoms with E-state index in [4.69, 9.17) is 16.1 Å². The molecule has 2 aliphatic heterocycles. The van der Waals surface area contributed by atoms with Gasteiger partial charge in [-0.3, -0.25) is 9.48 Å². The van der Waals surface area contributed by atoms with E-state index in [1.807, 2.05) is 24.8 Å². The summed E-state index contributed by atoms with van der Waals surface area (Å²) in [7, 11) is 0. The summed E-state index contributed by atoms with van der Waals surface area (Å²) in [6, 6.07) is 1.84. The molecule has 0 atom stereocenters. The minimum atomic E-state index is 0.122. The van der Waals surface area contributed by atoms with Crippen molar-refractivity contribution in [1.82, 2.24) is 24.7 Å². The van der Waals surface area contributed by atoms with Crippen LogP contribution in [0, 0.1) is 17.8 Å². The van der Waals surface area contributed by atoms with Gasteiger partial charge in [-0.15, -0.1) is 0 Å². The molecule has 0 saturated carbocycles. The number of aromatic nitrogens is 3. The van der Waals surface area contributed by atoms with Crippen LogP contribution in [0.25, 0.3) is 11.4 Å². The van der Waals surface area contributed by atoms with Gasteiger partial charge in [0.2, 0.25) is 5.91 Å². The van der Waals surface area contributed by atoms with Gasteiger partial charge in [0.25, 0.3) is 0 Å².